The van der Waals surface area contributed by atoms with E-state index in [-0.39, 0.29) is 12.5 Å². The van der Waals surface area contributed by atoms with Crippen LogP contribution in [0.25, 0.3) is 0 Å². The molecule has 0 unspecified atom stereocenters. The normalized spacial score (nSPS) is 17.7. The first-order valence-electron chi connectivity index (χ1n) is 8.80. The maximum absolute atomic E-state index is 12.3. The summed E-state index contributed by atoms with van der Waals surface area (Å²) in [5.41, 5.74) is 0.822. The minimum absolute atomic E-state index is 0.106. The summed E-state index contributed by atoms with van der Waals surface area (Å²) in [6, 6.07) is 4.45. The van der Waals surface area contributed by atoms with Gasteiger partial charge in [0.15, 0.2) is 6.61 Å². The van der Waals surface area contributed by atoms with Gasteiger partial charge in [0.05, 0.1) is 13.0 Å². The second-order valence-corrected chi connectivity index (χ2v) is 6.96. The van der Waals surface area contributed by atoms with E-state index in [1.807, 2.05) is 13.8 Å². The second-order valence-electron chi connectivity index (χ2n) is 6.53. The van der Waals surface area contributed by atoms with E-state index in [2.05, 4.69) is 5.32 Å². The molecule has 3 atom stereocenters. The maximum atomic E-state index is 12.3. The van der Waals surface area contributed by atoms with Crippen LogP contribution in [0.2, 0.25) is 5.02 Å². The lowest BCUT2D eigenvalue weighted by Gasteiger charge is -2.24. The average molecular weight is 398 g/mol. The third-order valence-electron chi connectivity index (χ3n) is 4.59. The minimum Gasteiger partial charge on any atom is -0.492 e. The molecule has 0 fully saturated rings. The summed E-state index contributed by atoms with van der Waals surface area (Å²) in [7, 11) is 1.26. The highest BCUT2D eigenvalue weighted by atomic mass is 35.5. The third-order valence-corrected chi connectivity index (χ3v) is 4.83. The van der Waals surface area contributed by atoms with Gasteiger partial charge < -0.3 is 19.5 Å². The van der Waals surface area contributed by atoms with Crippen molar-refractivity contribution in [1.82, 2.24) is 5.32 Å². The van der Waals surface area contributed by atoms with Crippen molar-refractivity contribution in [2.24, 2.45) is 11.8 Å². The van der Waals surface area contributed by atoms with Gasteiger partial charge in [0.1, 0.15) is 18.4 Å². The molecule has 1 aromatic carbocycles. The van der Waals surface area contributed by atoms with Gasteiger partial charge in [0.2, 0.25) is 0 Å². The van der Waals surface area contributed by atoms with Crippen LogP contribution in [0.5, 0.6) is 5.75 Å². The van der Waals surface area contributed by atoms with Crippen LogP contribution >= 0.6 is 11.6 Å². The highest BCUT2D eigenvalue weighted by molar-refractivity contribution is 6.30. The molecule has 1 amide bonds. The summed E-state index contributed by atoms with van der Waals surface area (Å²) in [6.07, 6.45) is 1.11. The standard InChI is InChI=1S/C19H24ClNO6/c1-4-11(2)17(19(24)25-3)21-16(22)10-27-18(23)13-7-12-8-14(20)5-6-15(12)26-9-13/h5-6,8,11,13,17H,4,7,9-10H2,1-3H3,(H,21,22)/t11-,13-,17-/m1/s1. The van der Waals surface area contributed by atoms with Crippen molar-refractivity contribution >= 4 is 29.4 Å². The molecule has 1 aliphatic heterocycles. The van der Waals surface area contributed by atoms with Gasteiger partial charge in [-0.3, -0.25) is 9.59 Å². The van der Waals surface area contributed by atoms with Gasteiger partial charge in [-0.2, -0.15) is 0 Å². The quantitative estimate of drug-likeness (QED) is 0.709. The molecule has 2 rings (SSSR count). The Morgan fingerprint density at radius 1 is 1.37 bits per heavy atom. The molecular weight excluding hydrogens is 374 g/mol. The molecule has 1 aliphatic rings. The van der Waals surface area contributed by atoms with Gasteiger partial charge in [0, 0.05) is 5.02 Å². The highest BCUT2D eigenvalue weighted by Crippen LogP contribution is 2.30. The Labute approximate surface area is 163 Å². The van der Waals surface area contributed by atoms with Gasteiger partial charge in [-0.05, 0) is 36.1 Å². The van der Waals surface area contributed by atoms with E-state index in [1.165, 1.54) is 7.11 Å². The fourth-order valence-corrected chi connectivity index (χ4v) is 2.97. The number of carbonyl (C=O) groups excluding carboxylic acids is 3. The zero-order chi connectivity index (χ0) is 20.0. The number of hydrogen-bond donors (Lipinski definition) is 1. The van der Waals surface area contributed by atoms with Crippen LogP contribution in [0.3, 0.4) is 0 Å². The number of hydrogen-bond acceptors (Lipinski definition) is 6. The van der Waals surface area contributed by atoms with Crippen LogP contribution in [0.15, 0.2) is 18.2 Å². The van der Waals surface area contributed by atoms with E-state index in [1.54, 1.807) is 18.2 Å². The summed E-state index contributed by atoms with van der Waals surface area (Å²) < 4.78 is 15.4. The number of nitrogens with one attached hydrogen (secondary N) is 1. The van der Waals surface area contributed by atoms with E-state index in [0.717, 1.165) is 5.56 Å². The molecule has 0 aromatic heterocycles. The summed E-state index contributed by atoms with van der Waals surface area (Å²) in [5.74, 6) is -1.55. The molecule has 148 valence electrons. The fourth-order valence-electron chi connectivity index (χ4n) is 2.78. The lowest BCUT2D eigenvalue weighted by molar-refractivity contribution is -0.155. The van der Waals surface area contributed by atoms with Crippen molar-refractivity contribution in [3.63, 3.8) is 0 Å². The third kappa shape index (κ3) is 5.60. The SMILES string of the molecule is CC[C@@H](C)[C@@H](NC(=O)COC(=O)[C@H]1COc2ccc(Cl)cc2C1)C(=O)OC. The number of benzene rings is 1. The predicted molar refractivity (Wildman–Crippen MR) is 98.5 cm³/mol. The van der Waals surface area contributed by atoms with Crippen molar-refractivity contribution in [1.29, 1.82) is 0 Å². The monoisotopic (exact) mass is 397 g/mol. The molecule has 27 heavy (non-hydrogen) atoms. The van der Waals surface area contributed by atoms with Crippen LogP contribution in [0.4, 0.5) is 0 Å². The molecular formula is C19H24ClNO6. The van der Waals surface area contributed by atoms with Crippen molar-refractivity contribution in [3.05, 3.63) is 28.8 Å². The topological polar surface area (TPSA) is 90.9 Å². The first-order chi connectivity index (χ1) is 12.8. The molecule has 1 aromatic rings. The van der Waals surface area contributed by atoms with E-state index < -0.39 is 36.4 Å². The lowest BCUT2D eigenvalue weighted by Crippen LogP contribution is -2.47. The number of esters is 2. The number of ether oxygens (including phenoxy) is 3. The van der Waals surface area contributed by atoms with Crippen LogP contribution < -0.4 is 10.1 Å². The number of carbonyl (C=O) groups is 3. The molecule has 0 saturated carbocycles. The van der Waals surface area contributed by atoms with Crippen LogP contribution in [-0.4, -0.2) is 44.2 Å². The minimum atomic E-state index is -0.779. The van der Waals surface area contributed by atoms with Crippen LogP contribution in [-0.2, 0) is 30.3 Å². The maximum Gasteiger partial charge on any atom is 0.328 e. The summed E-state index contributed by atoms with van der Waals surface area (Å²) in [5, 5.41) is 3.12. The molecule has 0 bridgehead atoms. The predicted octanol–water partition coefficient (Wildman–Crippen LogP) is 2.14. The Morgan fingerprint density at radius 2 is 2.11 bits per heavy atom. The van der Waals surface area contributed by atoms with E-state index in [0.29, 0.717) is 23.6 Å². The van der Waals surface area contributed by atoms with Gasteiger partial charge >= 0.3 is 11.9 Å². The largest absolute Gasteiger partial charge is 0.492 e. The smallest absolute Gasteiger partial charge is 0.328 e. The van der Waals surface area contributed by atoms with E-state index in [9.17, 15) is 14.4 Å². The Morgan fingerprint density at radius 3 is 2.78 bits per heavy atom. The number of halogens is 1. The van der Waals surface area contributed by atoms with Crippen molar-refractivity contribution in [2.45, 2.75) is 32.7 Å². The molecule has 8 heteroatoms. The molecule has 0 aliphatic carbocycles. The molecule has 7 nitrogen and oxygen atoms in total. The van der Waals surface area contributed by atoms with Crippen molar-refractivity contribution < 1.29 is 28.6 Å². The highest BCUT2D eigenvalue weighted by Gasteiger charge is 2.30. The molecule has 0 radical (unpaired) electrons. The number of methoxy groups -OCH3 is 1. The van der Waals surface area contributed by atoms with Gasteiger partial charge in [-0.25, -0.2) is 4.79 Å². The number of amides is 1. The Bertz CT molecular complexity index is 707. The van der Waals surface area contributed by atoms with Gasteiger partial charge in [-0.1, -0.05) is 31.9 Å². The fraction of sp³-hybridized carbons (Fsp3) is 0.526. The Hall–Kier alpha value is -2.28. The zero-order valence-corrected chi connectivity index (χ0v) is 16.4. The molecule has 1 N–H and O–H groups in total. The van der Waals surface area contributed by atoms with E-state index in [4.69, 9.17) is 25.8 Å². The molecule has 1 heterocycles. The summed E-state index contributed by atoms with van der Waals surface area (Å²) in [4.78, 5) is 36.1. The number of fused-ring (bicyclic) bond motifs is 1. The van der Waals surface area contributed by atoms with Crippen molar-refractivity contribution in [3.8, 4) is 5.75 Å². The zero-order valence-electron chi connectivity index (χ0n) is 15.6. The van der Waals surface area contributed by atoms with E-state index >= 15 is 0 Å². The Kier molecular flexibility index (Phi) is 7.47. The first kappa shape index (κ1) is 21.0. The summed E-state index contributed by atoms with van der Waals surface area (Å²) >= 11 is 5.97. The summed E-state index contributed by atoms with van der Waals surface area (Å²) in [6.45, 7) is 3.43. The Balaban J connectivity index is 1.87. The van der Waals surface area contributed by atoms with Crippen LogP contribution in [0, 0.1) is 11.8 Å². The van der Waals surface area contributed by atoms with Crippen molar-refractivity contribution in [2.75, 3.05) is 20.3 Å². The number of rotatable bonds is 7. The molecule has 0 spiro atoms. The van der Waals surface area contributed by atoms with Gasteiger partial charge in [-0.15, -0.1) is 0 Å². The lowest BCUT2D eigenvalue weighted by atomic mass is 9.97. The van der Waals surface area contributed by atoms with Gasteiger partial charge in [0.25, 0.3) is 5.91 Å². The van der Waals surface area contributed by atoms with Crippen LogP contribution in [0.1, 0.15) is 25.8 Å². The average Bonchev–Trinajstić information content (AvgIpc) is 2.68. The second kappa shape index (κ2) is 9.60. The molecule has 0 saturated heterocycles. The first-order valence-corrected chi connectivity index (χ1v) is 9.18.